The summed E-state index contributed by atoms with van der Waals surface area (Å²) in [6.45, 7) is 4.63. The Morgan fingerprint density at radius 3 is 2.59 bits per heavy atom. The predicted molar refractivity (Wildman–Crippen MR) is 122 cm³/mol. The van der Waals surface area contributed by atoms with E-state index in [4.69, 9.17) is 0 Å². The zero-order valence-electron chi connectivity index (χ0n) is 16.1. The summed E-state index contributed by atoms with van der Waals surface area (Å²) in [6, 6.07) is 18.0. The van der Waals surface area contributed by atoms with E-state index in [0.29, 0.717) is 0 Å². The highest BCUT2D eigenvalue weighted by atomic mass is 32.2. The highest BCUT2D eigenvalue weighted by Crippen LogP contribution is 2.36. The van der Waals surface area contributed by atoms with Crippen LogP contribution in [0.15, 0.2) is 48.5 Å². The minimum Gasteiger partial charge on any atom is -0.356 e. The number of aryl methyl sites for hydroxylation is 2. The number of nitrogens with one attached hydrogen (secondary N) is 2. The number of benzene rings is 3. The third-order valence-electron chi connectivity index (χ3n) is 5.75. The normalized spacial score (nSPS) is 13.5. The van der Waals surface area contributed by atoms with E-state index in [1.165, 1.54) is 56.0 Å². The van der Waals surface area contributed by atoms with E-state index in [9.17, 15) is 0 Å². The topological polar surface area (TPSA) is 27.3 Å². The van der Waals surface area contributed by atoms with E-state index in [1.54, 1.807) is 11.9 Å². The molecule has 3 aromatic carbocycles. The number of anilines is 5. The molecule has 0 saturated heterocycles. The molecule has 2 heterocycles. The van der Waals surface area contributed by atoms with Crippen molar-refractivity contribution in [3.8, 4) is 0 Å². The molecule has 0 bridgehead atoms. The van der Waals surface area contributed by atoms with Gasteiger partial charge in [-0.25, -0.2) is 0 Å². The van der Waals surface area contributed by atoms with Crippen molar-refractivity contribution in [1.82, 2.24) is 0 Å². The Morgan fingerprint density at radius 2 is 1.78 bits per heavy atom. The fraction of sp³-hybridized carbons (Fsp3) is 0.182. The van der Waals surface area contributed by atoms with Gasteiger partial charge in [-0.1, -0.05) is 36.2 Å². The summed E-state index contributed by atoms with van der Waals surface area (Å²) in [5, 5.41) is 3.68. The average molecular weight is 371 g/mol. The first-order valence-corrected chi connectivity index (χ1v) is 10.5. The van der Waals surface area contributed by atoms with Crippen molar-refractivity contribution in [3.63, 3.8) is 0 Å². The molecule has 0 atom stereocenters. The van der Waals surface area contributed by atoms with Gasteiger partial charge in [-0.15, -0.1) is 0 Å². The highest BCUT2D eigenvalue weighted by Gasteiger charge is 2.39. The molecule has 0 aliphatic carbocycles. The molecule has 134 valence electrons. The van der Waals surface area contributed by atoms with Gasteiger partial charge in [0.15, 0.2) is 0 Å². The van der Waals surface area contributed by atoms with Crippen LogP contribution < -0.4 is 31.3 Å². The Balaban J connectivity index is 1.83. The van der Waals surface area contributed by atoms with Crippen LogP contribution in [0.2, 0.25) is 0 Å². The molecule has 0 aromatic heterocycles. The van der Waals surface area contributed by atoms with E-state index < -0.39 is 0 Å². The van der Waals surface area contributed by atoms with Crippen molar-refractivity contribution in [2.45, 2.75) is 13.8 Å². The van der Waals surface area contributed by atoms with Crippen LogP contribution in [-0.2, 0) is 0 Å². The van der Waals surface area contributed by atoms with Gasteiger partial charge < -0.3 is 14.9 Å². The maximum absolute atomic E-state index is 3.68. The van der Waals surface area contributed by atoms with E-state index in [-0.39, 0.29) is 6.71 Å². The van der Waals surface area contributed by atoms with Gasteiger partial charge in [0.1, 0.15) is 0 Å². The van der Waals surface area contributed by atoms with Crippen LogP contribution in [0.4, 0.5) is 28.4 Å². The Kier molecular flexibility index (Phi) is 3.69. The summed E-state index contributed by atoms with van der Waals surface area (Å²) in [7, 11) is 2.18. The quantitative estimate of drug-likeness (QED) is 0.416. The van der Waals surface area contributed by atoms with E-state index >= 15 is 0 Å². The van der Waals surface area contributed by atoms with Crippen LogP contribution in [0.5, 0.6) is 0 Å². The number of para-hydroxylation sites is 1. The Hall–Kier alpha value is -2.53. The predicted octanol–water partition coefficient (Wildman–Crippen LogP) is 3.65. The van der Waals surface area contributed by atoms with Gasteiger partial charge in [0.25, 0.3) is 6.71 Å². The molecular weight excluding hydrogens is 349 g/mol. The molecule has 2 aliphatic heterocycles. The van der Waals surface area contributed by atoms with Gasteiger partial charge in [0.05, 0.1) is 0 Å². The number of hydrogen-bond acceptors (Lipinski definition) is 4. The van der Waals surface area contributed by atoms with Crippen molar-refractivity contribution in [2.75, 3.05) is 28.2 Å². The van der Waals surface area contributed by atoms with Gasteiger partial charge >= 0.3 is 0 Å². The summed E-state index contributed by atoms with van der Waals surface area (Å²) >= 11 is 1.64. The molecule has 2 aliphatic rings. The second-order valence-corrected chi connectivity index (χ2v) is 8.09. The van der Waals surface area contributed by atoms with Crippen molar-refractivity contribution >= 4 is 63.5 Å². The third kappa shape index (κ3) is 2.38. The van der Waals surface area contributed by atoms with Crippen LogP contribution in [-0.4, -0.2) is 20.0 Å². The third-order valence-corrected chi connectivity index (χ3v) is 6.18. The molecule has 27 heavy (non-hydrogen) atoms. The van der Waals surface area contributed by atoms with Crippen LogP contribution in [0.1, 0.15) is 11.1 Å². The molecule has 3 aromatic rings. The maximum atomic E-state index is 3.68. The first-order valence-electron chi connectivity index (χ1n) is 9.26. The van der Waals surface area contributed by atoms with Gasteiger partial charge in [-0.05, 0) is 65.6 Å². The molecule has 2 N–H and O–H groups in total. The minimum atomic E-state index is 0.265. The van der Waals surface area contributed by atoms with Crippen LogP contribution in [0.25, 0.3) is 0 Å². The number of hydrogen-bond donors (Lipinski definition) is 2. The Morgan fingerprint density at radius 1 is 0.963 bits per heavy atom. The zero-order valence-corrected chi connectivity index (χ0v) is 16.9. The summed E-state index contributed by atoms with van der Waals surface area (Å²) < 4.78 is 3.44. The summed E-state index contributed by atoms with van der Waals surface area (Å²) in [5.74, 6) is 0. The number of nitrogens with zero attached hydrogens (tertiary/aromatic N) is 1. The lowest BCUT2D eigenvalue weighted by atomic mass is 9.33. The van der Waals surface area contributed by atoms with Crippen LogP contribution >= 0.6 is 11.9 Å². The molecule has 0 fully saturated rings. The van der Waals surface area contributed by atoms with Gasteiger partial charge in [0.2, 0.25) is 0 Å². The Bertz CT molecular complexity index is 1080. The monoisotopic (exact) mass is 371 g/mol. The molecule has 0 unspecified atom stereocenters. The fourth-order valence-corrected chi connectivity index (χ4v) is 4.98. The number of rotatable bonds is 2. The molecule has 0 spiro atoms. The molecule has 0 radical (unpaired) electrons. The van der Waals surface area contributed by atoms with Gasteiger partial charge in [-0.3, -0.25) is 0 Å². The lowest BCUT2D eigenvalue weighted by molar-refractivity contribution is 1.21. The lowest BCUT2D eigenvalue weighted by Crippen LogP contribution is -2.60. The summed E-state index contributed by atoms with van der Waals surface area (Å²) in [5.41, 5.74) is 12.9. The average Bonchev–Trinajstić information content (AvgIpc) is 2.65. The van der Waals surface area contributed by atoms with Crippen molar-refractivity contribution in [3.05, 3.63) is 59.7 Å². The lowest BCUT2D eigenvalue weighted by Gasteiger charge is -2.39. The van der Waals surface area contributed by atoms with Gasteiger partial charge in [-0.2, -0.15) is 0 Å². The second-order valence-electron chi connectivity index (χ2n) is 7.48. The maximum Gasteiger partial charge on any atom is 0.252 e. The Labute approximate surface area is 165 Å². The fourth-order valence-electron chi connectivity index (χ4n) is 4.54. The summed E-state index contributed by atoms with van der Waals surface area (Å²) in [6.07, 6.45) is 2.07. The van der Waals surface area contributed by atoms with Crippen LogP contribution in [0, 0.1) is 13.8 Å². The standard InChI is InChI=1S/C22H22BN3S/c1-13-9-19-22-21(10-13)26(3)20-12-18(25-27-4)14(2)11-16(20)23(22)15-7-5-6-8-17(15)24-19/h5-12,24-25H,1-4H3. The molecule has 5 heteroatoms. The molecule has 5 rings (SSSR count). The molecule has 0 amide bonds. The minimum absolute atomic E-state index is 0.265. The van der Waals surface area contributed by atoms with E-state index in [0.717, 1.165) is 0 Å². The second kappa shape index (κ2) is 5.99. The van der Waals surface area contributed by atoms with Crippen molar-refractivity contribution in [1.29, 1.82) is 0 Å². The SMILES string of the molecule is CSNc1cc2c(cc1C)B1c3ccccc3Nc3cc(C)cc(c31)N2C. The summed E-state index contributed by atoms with van der Waals surface area (Å²) in [4.78, 5) is 2.35. The first kappa shape index (κ1) is 16.6. The van der Waals surface area contributed by atoms with Crippen molar-refractivity contribution < 1.29 is 0 Å². The smallest absolute Gasteiger partial charge is 0.252 e. The van der Waals surface area contributed by atoms with Crippen LogP contribution in [0.3, 0.4) is 0 Å². The zero-order chi connectivity index (χ0) is 18.7. The highest BCUT2D eigenvalue weighted by molar-refractivity contribution is 7.99. The van der Waals surface area contributed by atoms with Crippen molar-refractivity contribution in [2.24, 2.45) is 0 Å². The van der Waals surface area contributed by atoms with E-state index in [2.05, 4.69) is 90.6 Å². The van der Waals surface area contributed by atoms with E-state index in [1.807, 2.05) is 0 Å². The largest absolute Gasteiger partial charge is 0.356 e. The molecule has 0 saturated carbocycles. The first-order chi connectivity index (χ1) is 13.1. The molecule has 3 nitrogen and oxygen atoms in total. The molecular formula is C22H22BN3S. The number of fused-ring (bicyclic) bond motifs is 4. The van der Waals surface area contributed by atoms with Gasteiger partial charge in [0, 0.05) is 41.7 Å².